The van der Waals surface area contributed by atoms with Crippen molar-refractivity contribution >= 4 is 28.6 Å². The van der Waals surface area contributed by atoms with Crippen LogP contribution in [0.25, 0.3) is 10.9 Å². The van der Waals surface area contributed by atoms with E-state index in [0.717, 1.165) is 48.7 Å². The van der Waals surface area contributed by atoms with E-state index in [2.05, 4.69) is 9.88 Å². The SMILES string of the molecule is NC(=O)[C@@H](CC(=O)N(O)[C@H]1Cc2cn(c3ccccc23)CCCCCCNC1=O)n1cccc1. The summed E-state index contributed by atoms with van der Waals surface area (Å²) in [4.78, 5) is 38.1. The maximum atomic E-state index is 13.1. The van der Waals surface area contributed by atoms with E-state index < -0.39 is 29.8 Å². The molecule has 4 rings (SSSR count). The van der Waals surface area contributed by atoms with Crippen molar-refractivity contribution in [3.63, 3.8) is 0 Å². The molecule has 180 valence electrons. The Balaban J connectivity index is 1.62. The summed E-state index contributed by atoms with van der Waals surface area (Å²) in [6, 6.07) is 9.28. The summed E-state index contributed by atoms with van der Waals surface area (Å²) in [5.74, 6) is -1.87. The maximum Gasteiger partial charge on any atom is 0.249 e. The molecule has 0 unspecified atom stereocenters. The van der Waals surface area contributed by atoms with Gasteiger partial charge in [0, 0.05) is 49.0 Å². The second-order valence-corrected chi connectivity index (χ2v) is 8.78. The Labute approximate surface area is 198 Å². The molecule has 0 saturated heterocycles. The lowest BCUT2D eigenvalue weighted by Gasteiger charge is -2.26. The number of hydrogen-bond acceptors (Lipinski definition) is 4. The molecule has 0 saturated carbocycles. The number of nitrogens with two attached hydrogens (primary N) is 1. The van der Waals surface area contributed by atoms with Crippen LogP contribution in [0.1, 0.15) is 43.7 Å². The molecule has 9 heteroatoms. The first-order valence-corrected chi connectivity index (χ1v) is 11.7. The number of carbonyl (C=O) groups excluding carboxylic acids is 3. The fourth-order valence-corrected chi connectivity index (χ4v) is 4.60. The average molecular weight is 466 g/mol. The van der Waals surface area contributed by atoms with Gasteiger partial charge >= 0.3 is 0 Å². The van der Waals surface area contributed by atoms with E-state index in [1.165, 1.54) is 4.57 Å². The number of rotatable bonds is 5. The number of benzene rings is 1. The highest BCUT2D eigenvalue weighted by atomic mass is 16.5. The second kappa shape index (κ2) is 10.6. The zero-order valence-corrected chi connectivity index (χ0v) is 19.1. The zero-order valence-electron chi connectivity index (χ0n) is 19.1. The van der Waals surface area contributed by atoms with Gasteiger partial charge in [0.25, 0.3) is 0 Å². The third-order valence-electron chi connectivity index (χ3n) is 6.45. The molecule has 9 nitrogen and oxygen atoms in total. The van der Waals surface area contributed by atoms with E-state index in [4.69, 9.17) is 5.73 Å². The predicted molar refractivity (Wildman–Crippen MR) is 127 cm³/mol. The van der Waals surface area contributed by atoms with Gasteiger partial charge in [-0.3, -0.25) is 19.6 Å². The fraction of sp³-hybridized carbons (Fsp3) is 0.400. The summed E-state index contributed by atoms with van der Waals surface area (Å²) in [6.45, 7) is 1.34. The fourth-order valence-electron chi connectivity index (χ4n) is 4.60. The van der Waals surface area contributed by atoms with Crippen molar-refractivity contribution in [2.45, 2.75) is 57.2 Å². The number of fused-ring (bicyclic) bond motifs is 5. The van der Waals surface area contributed by atoms with E-state index in [-0.39, 0.29) is 12.8 Å². The molecule has 2 atom stereocenters. The summed E-state index contributed by atoms with van der Waals surface area (Å²) in [5, 5.41) is 15.2. The zero-order chi connectivity index (χ0) is 24.1. The Morgan fingerprint density at radius 3 is 2.62 bits per heavy atom. The van der Waals surface area contributed by atoms with Crippen molar-refractivity contribution in [1.29, 1.82) is 0 Å². The minimum absolute atomic E-state index is 0.145. The van der Waals surface area contributed by atoms with Gasteiger partial charge in [-0.1, -0.05) is 31.0 Å². The lowest BCUT2D eigenvalue weighted by Crippen LogP contribution is -2.50. The summed E-state index contributed by atoms with van der Waals surface area (Å²) >= 11 is 0. The number of nitrogens with one attached hydrogen (secondary N) is 1. The first kappa shape index (κ1) is 23.6. The van der Waals surface area contributed by atoms with Crippen LogP contribution in [0.4, 0.5) is 0 Å². The summed E-state index contributed by atoms with van der Waals surface area (Å²) < 4.78 is 3.70. The lowest BCUT2D eigenvalue weighted by atomic mass is 10.0. The molecule has 0 spiro atoms. The highest BCUT2D eigenvalue weighted by Crippen LogP contribution is 2.25. The third-order valence-corrected chi connectivity index (χ3v) is 6.45. The van der Waals surface area contributed by atoms with Crippen LogP contribution in [0.15, 0.2) is 55.0 Å². The molecular formula is C25H31N5O4. The standard InChI is InChI=1S/C25H31N5O4/c26-24(32)21(28-12-7-8-13-28)16-23(31)30(34)22-15-18-17-29(20-10-4-3-9-19(18)20)14-6-2-1-5-11-27-25(22)33/h3-4,7-10,12-13,17,21-22,34H,1-2,5-6,11,14-16H2,(H2,26,32)(H,27,33)/t21-,22+/m1/s1. The van der Waals surface area contributed by atoms with Crippen LogP contribution in [0.3, 0.4) is 0 Å². The number of aryl methyl sites for hydroxylation is 1. The van der Waals surface area contributed by atoms with Gasteiger partial charge in [0.05, 0.1) is 6.42 Å². The van der Waals surface area contributed by atoms with Crippen LogP contribution in [0.5, 0.6) is 0 Å². The Hall–Kier alpha value is -3.59. The van der Waals surface area contributed by atoms with Crippen molar-refractivity contribution in [3.8, 4) is 0 Å². The van der Waals surface area contributed by atoms with Crippen LogP contribution in [-0.4, -0.2) is 49.7 Å². The van der Waals surface area contributed by atoms with Gasteiger partial charge in [0.1, 0.15) is 12.1 Å². The minimum Gasteiger partial charge on any atom is -0.368 e. The van der Waals surface area contributed by atoms with Crippen LogP contribution in [0.2, 0.25) is 0 Å². The second-order valence-electron chi connectivity index (χ2n) is 8.78. The number of carbonyl (C=O) groups is 3. The topological polar surface area (TPSA) is 123 Å². The largest absolute Gasteiger partial charge is 0.368 e. The number of amides is 3. The number of hydroxylamine groups is 2. The summed E-state index contributed by atoms with van der Waals surface area (Å²) in [7, 11) is 0. The van der Waals surface area contributed by atoms with Crippen molar-refractivity contribution in [2.24, 2.45) is 5.73 Å². The molecule has 2 bridgehead atoms. The van der Waals surface area contributed by atoms with Gasteiger partial charge in [-0.2, -0.15) is 0 Å². The van der Waals surface area contributed by atoms with Crippen LogP contribution >= 0.6 is 0 Å². The van der Waals surface area contributed by atoms with E-state index >= 15 is 0 Å². The van der Waals surface area contributed by atoms with Crippen LogP contribution in [0, 0.1) is 0 Å². The first-order valence-electron chi connectivity index (χ1n) is 11.7. The molecule has 3 amide bonds. The number of nitrogens with zero attached hydrogens (tertiary/aromatic N) is 3. The molecule has 1 aromatic carbocycles. The van der Waals surface area contributed by atoms with Gasteiger partial charge < -0.3 is 20.2 Å². The lowest BCUT2D eigenvalue weighted by molar-refractivity contribution is -0.180. The third kappa shape index (κ3) is 5.14. The van der Waals surface area contributed by atoms with Crippen molar-refractivity contribution in [1.82, 2.24) is 19.5 Å². The molecule has 34 heavy (non-hydrogen) atoms. The van der Waals surface area contributed by atoms with E-state index in [1.807, 2.05) is 30.5 Å². The minimum atomic E-state index is -1.13. The van der Waals surface area contributed by atoms with Gasteiger partial charge in [0.15, 0.2) is 0 Å². The molecule has 3 aromatic rings. The predicted octanol–water partition coefficient (Wildman–Crippen LogP) is 2.38. The highest BCUT2D eigenvalue weighted by Gasteiger charge is 2.33. The molecule has 0 radical (unpaired) electrons. The van der Waals surface area contributed by atoms with E-state index in [0.29, 0.717) is 11.6 Å². The summed E-state index contributed by atoms with van der Waals surface area (Å²) in [5.41, 5.74) is 7.44. The number of primary amides is 1. The maximum absolute atomic E-state index is 13.1. The number of hydrogen-bond donors (Lipinski definition) is 3. The Bertz CT molecular complexity index is 1150. The molecule has 1 aliphatic heterocycles. The molecule has 2 aromatic heterocycles. The average Bonchev–Trinajstić information content (AvgIpc) is 3.48. The highest BCUT2D eigenvalue weighted by molar-refractivity contribution is 5.91. The monoisotopic (exact) mass is 465 g/mol. The van der Waals surface area contributed by atoms with Crippen molar-refractivity contribution < 1.29 is 19.6 Å². The van der Waals surface area contributed by atoms with Crippen molar-refractivity contribution in [2.75, 3.05) is 6.54 Å². The van der Waals surface area contributed by atoms with Gasteiger partial charge in [-0.15, -0.1) is 0 Å². The molecule has 0 aliphatic carbocycles. The first-order chi connectivity index (χ1) is 16.5. The number of aromatic nitrogens is 2. The normalized spacial score (nSPS) is 18.3. The Kier molecular flexibility index (Phi) is 7.32. The molecular weight excluding hydrogens is 434 g/mol. The van der Waals surface area contributed by atoms with Gasteiger partial charge in [-0.05, 0) is 36.6 Å². The van der Waals surface area contributed by atoms with Crippen LogP contribution in [-0.2, 0) is 27.3 Å². The Morgan fingerprint density at radius 1 is 1.12 bits per heavy atom. The Morgan fingerprint density at radius 2 is 1.85 bits per heavy atom. The molecule has 4 N–H and O–H groups in total. The molecule has 3 heterocycles. The molecule has 1 aliphatic rings. The van der Waals surface area contributed by atoms with Gasteiger partial charge in [0.2, 0.25) is 17.7 Å². The smallest absolute Gasteiger partial charge is 0.249 e. The quantitative estimate of drug-likeness (QED) is 0.395. The van der Waals surface area contributed by atoms with E-state index in [1.54, 1.807) is 24.5 Å². The summed E-state index contributed by atoms with van der Waals surface area (Å²) in [6.07, 6.45) is 8.96. The van der Waals surface area contributed by atoms with Gasteiger partial charge in [-0.25, -0.2) is 5.06 Å². The van der Waals surface area contributed by atoms with Crippen molar-refractivity contribution in [3.05, 3.63) is 60.6 Å². The number of para-hydroxylation sites is 1. The molecule has 0 fully saturated rings. The van der Waals surface area contributed by atoms with Crippen LogP contribution < -0.4 is 11.1 Å². The van der Waals surface area contributed by atoms with E-state index in [9.17, 15) is 19.6 Å².